The molecule has 0 atom stereocenters. The van der Waals surface area contributed by atoms with Crippen LogP contribution in [0.2, 0.25) is 0 Å². The number of ether oxygens (including phenoxy) is 2. The fourth-order valence-corrected chi connectivity index (χ4v) is 4.70. The van der Waals surface area contributed by atoms with Crippen LogP contribution in [0.5, 0.6) is 11.5 Å². The highest BCUT2D eigenvalue weighted by molar-refractivity contribution is 9.10. The van der Waals surface area contributed by atoms with E-state index in [0.717, 1.165) is 16.9 Å². The number of sulfonamides is 1. The van der Waals surface area contributed by atoms with E-state index in [1.807, 2.05) is 25.1 Å². The average molecular weight is 412 g/mol. The van der Waals surface area contributed by atoms with Gasteiger partial charge in [0.05, 0.1) is 4.90 Å². The van der Waals surface area contributed by atoms with E-state index in [0.29, 0.717) is 36.4 Å². The number of aryl methyl sites for hydroxylation is 1. The first-order chi connectivity index (χ1) is 11.5. The molecule has 5 nitrogen and oxygen atoms in total. The van der Waals surface area contributed by atoms with Crippen molar-refractivity contribution < 1.29 is 17.9 Å². The summed E-state index contributed by atoms with van der Waals surface area (Å²) in [5, 5.41) is 0. The molecule has 0 aromatic heterocycles. The monoisotopic (exact) mass is 411 g/mol. The summed E-state index contributed by atoms with van der Waals surface area (Å²) in [6, 6.07) is 10.8. The molecule has 7 heteroatoms. The maximum Gasteiger partial charge on any atom is 0.241 e. The highest BCUT2D eigenvalue weighted by atomic mass is 79.9. The lowest BCUT2D eigenvalue weighted by Crippen LogP contribution is -2.26. The van der Waals surface area contributed by atoms with Gasteiger partial charge >= 0.3 is 0 Å². The highest BCUT2D eigenvalue weighted by Crippen LogP contribution is 2.30. The molecule has 2 aromatic carbocycles. The first-order valence-corrected chi connectivity index (χ1v) is 9.88. The largest absolute Gasteiger partial charge is 0.486 e. The van der Waals surface area contributed by atoms with Crippen molar-refractivity contribution in [2.45, 2.75) is 18.2 Å². The molecule has 0 saturated heterocycles. The minimum atomic E-state index is -3.55. The third-order valence-corrected chi connectivity index (χ3v) is 6.13. The van der Waals surface area contributed by atoms with Crippen LogP contribution < -0.4 is 14.2 Å². The Bertz CT molecular complexity index is 852. The zero-order valence-corrected chi connectivity index (χ0v) is 15.6. The van der Waals surface area contributed by atoms with Crippen LogP contribution in [0.3, 0.4) is 0 Å². The van der Waals surface area contributed by atoms with Crippen molar-refractivity contribution in [1.82, 2.24) is 4.72 Å². The van der Waals surface area contributed by atoms with Crippen molar-refractivity contribution in [1.29, 1.82) is 0 Å². The van der Waals surface area contributed by atoms with Gasteiger partial charge in [-0.05, 0) is 64.7 Å². The molecule has 1 N–H and O–H groups in total. The van der Waals surface area contributed by atoms with Gasteiger partial charge in [-0.1, -0.05) is 12.1 Å². The summed E-state index contributed by atoms with van der Waals surface area (Å²) in [5.74, 6) is 1.44. The molecule has 3 rings (SSSR count). The van der Waals surface area contributed by atoms with E-state index < -0.39 is 10.0 Å². The van der Waals surface area contributed by atoms with Gasteiger partial charge in [0, 0.05) is 11.0 Å². The first kappa shape index (κ1) is 17.3. The molecule has 1 aliphatic heterocycles. The second-order valence-electron chi connectivity index (χ2n) is 5.56. The molecule has 1 heterocycles. The molecule has 0 bridgehead atoms. The van der Waals surface area contributed by atoms with E-state index in [2.05, 4.69) is 20.7 Å². The minimum Gasteiger partial charge on any atom is -0.486 e. The standard InChI is InChI=1S/C17H18BrNO4S/c1-12-2-5-17(14(18)10-12)24(20,21)19-7-6-13-3-4-15-16(11-13)23-9-8-22-15/h2-5,10-11,19H,6-9H2,1H3. The number of halogens is 1. The summed E-state index contributed by atoms with van der Waals surface area (Å²) in [7, 11) is -3.55. The molecule has 2 aromatic rings. The molecule has 0 unspecified atom stereocenters. The summed E-state index contributed by atoms with van der Waals surface area (Å²) in [6.07, 6.45) is 0.569. The van der Waals surface area contributed by atoms with Crippen molar-refractivity contribution >= 4 is 26.0 Å². The number of nitrogens with one attached hydrogen (secondary N) is 1. The Kier molecular flexibility index (Phi) is 5.12. The van der Waals surface area contributed by atoms with E-state index in [-0.39, 0.29) is 4.90 Å². The zero-order chi connectivity index (χ0) is 17.2. The summed E-state index contributed by atoms with van der Waals surface area (Å²) in [6.45, 7) is 3.31. The van der Waals surface area contributed by atoms with Gasteiger partial charge in [-0.3, -0.25) is 0 Å². The molecule has 0 spiro atoms. The number of hydrogen-bond donors (Lipinski definition) is 1. The Morgan fingerprint density at radius 3 is 2.58 bits per heavy atom. The van der Waals surface area contributed by atoms with Gasteiger partial charge in [0.15, 0.2) is 11.5 Å². The molecule has 24 heavy (non-hydrogen) atoms. The summed E-state index contributed by atoms with van der Waals surface area (Å²) >= 11 is 3.31. The summed E-state index contributed by atoms with van der Waals surface area (Å²) in [5.41, 5.74) is 1.99. The molecular formula is C17H18BrNO4S. The van der Waals surface area contributed by atoms with E-state index in [1.165, 1.54) is 0 Å². The van der Waals surface area contributed by atoms with Gasteiger partial charge in [-0.2, -0.15) is 0 Å². The third-order valence-electron chi connectivity index (χ3n) is 3.69. The summed E-state index contributed by atoms with van der Waals surface area (Å²) in [4.78, 5) is 0.246. The maximum atomic E-state index is 12.4. The van der Waals surface area contributed by atoms with Gasteiger partial charge in [-0.25, -0.2) is 13.1 Å². The third kappa shape index (κ3) is 3.91. The normalized spacial score (nSPS) is 13.8. The lowest BCUT2D eigenvalue weighted by molar-refractivity contribution is 0.171. The van der Waals surface area contributed by atoms with Gasteiger partial charge in [0.25, 0.3) is 0 Å². The van der Waals surface area contributed by atoms with Crippen LogP contribution in [-0.4, -0.2) is 28.2 Å². The van der Waals surface area contributed by atoms with E-state index in [9.17, 15) is 8.42 Å². The molecular weight excluding hydrogens is 394 g/mol. The van der Waals surface area contributed by atoms with Crippen LogP contribution in [0.25, 0.3) is 0 Å². The number of fused-ring (bicyclic) bond motifs is 1. The quantitative estimate of drug-likeness (QED) is 0.820. The number of benzene rings is 2. The molecule has 128 valence electrons. The van der Waals surface area contributed by atoms with E-state index >= 15 is 0 Å². The van der Waals surface area contributed by atoms with Crippen LogP contribution >= 0.6 is 15.9 Å². The van der Waals surface area contributed by atoms with Crippen LogP contribution in [0, 0.1) is 6.92 Å². The Labute approximate surface area is 150 Å². The Balaban J connectivity index is 1.65. The van der Waals surface area contributed by atoms with Crippen LogP contribution in [0.15, 0.2) is 45.8 Å². The van der Waals surface area contributed by atoms with Gasteiger partial charge in [0.1, 0.15) is 13.2 Å². The Morgan fingerprint density at radius 1 is 1.08 bits per heavy atom. The smallest absolute Gasteiger partial charge is 0.241 e. The second kappa shape index (κ2) is 7.13. The van der Waals surface area contributed by atoms with Gasteiger partial charge in [-0.15, -0.1) is 0 Å². The predicted octanol–water partition coefficient (Wildman–Crippen LogP) is 3.05. The van der Waals surface area contributed by atoms with Gasteiger partial charge < -0.3 is 9.47 Å². The first-order valence-electron chi connectivity index (χ1n) is 7.60. The molecule has 0 amide bonds. The van der Waals surface area contributed by atoms with Crippen molar-refractivity contribution in [2.24, 2.45) is 0 Å². The maximum absolute atomic E-state index is 12.4. The fourth-order valence-electron chi connectivity index (χ4n) is 2.47. The topological polar surface area (TPSA) is 64.6 Å². The van der Waals surface area contributed by atoms with Crippen LogP contribution in [0.4, 0.5) is 0 Å². The number of hydrogen-bond acceptors (Lipinski definition) is 4. The second-order valence-corrected chi connectivity index (χ2v) is 8.15. The molecule has 1 aliphatic rings. The van der Waals surface area contributed by atoms with E-state index in [1.54, 1.807) is 18.2 Å². The lowest BCUT2D eigenvalue weighted by atomic mass is 10.1. The molecule has 0 fully saturated rings. The van der Waals surface area contributed by atoms with Crippen LogP contribution in [0.1, 0.15) is 11.1 Å². The molecule has 0 saturated carbocycles. The van der Waals surface area contributed by atoms with Crippen LogP contribution in [-0.2, 0) is 16.4 Å². The predicted molar refractivity (Wildman–Crippen MR) is 95.2 cm³/mol. The minimum absolute atomic E-state index is 0.246. The number of rotatable bonds is 5. The van der Waals surface area contributed by atoms with E-state index in [4.69, 9.17) is 9.47 Å². The Hall–Kier alpha value is -1.57. The van der Waals surface area contributed by atoms with Crippen molar-refractivity contribution in [3.05, 3.63) is 52.0 Å². The SMILES string of the molecule is Cc1ccc(S(=O)(=O)NCCc2ccc3c(c2)OCCO3)c(Br)c1. The Morgan fingerprint density at radius 2 is 1.83 bits per heavy atom. The van der Waals surface area contributed by atoms with Crippen molar-refractivity contribution in [3.8, 4) is 11.5 Å². The highest BCUT2D eigenvalue weighted by Gasteiger charge is 2.17. The average Bonchev–Trinajstić information content (AvgIpc) is 2.54. The fraction of sp³-hybridized carbons (Fsp3) is 0.294. The lowest BCUT2D eigenvalue weighted by Gasteiger charge is -2.18. The summed E-state index contributed by atoms with van der Waals surface area (Å²) < 4.78 is 39.0. The van der Waals surface area contributed by atoms with Gasteiger partial charge in [0.2, 0.25) is 10.0 Å². The van der Waals surface area contributed by atoms with Crippen molar-refractivity contribution in [3.63, 3.8) is 0 Å². The molecule has 0 aliphatic carbocycles. The molecule has 0 radical (unpaired) electrons. The zero-order valence-electron chi connectivity index (χ0n) is 13.2. The van der Waals surface area contributed by atoms with Crippen molar-refractivity contribution in [2.75, 3.05) is 19.8 Å².